The normalized spacial score (nSPS) is 21.8. The molecule has 0 aromatic rings. The third-order valence-corrected chi connectivity index (χ3v) is 4.02. The summed E-state index contributed by atoms with van der Waals surface area (Å²) in [4.78, 5) is 13.5. The molecule has 1 N–H and O–H groups in total. The molecular weight excluding hydrogens is 252 g/mol. The number of nitrogens with one attached hydrogen (secondary N) is 1. The molecule has 1 fully saturated rings. The lowest BCUT2D eigenvalue weighted by molar-refractivity contribution is 0.0296. The molecule has 1 aliphatic rings. The Kier molecular flexibility index (Phi) is 5.87. The Morgan fingerprint density at radius 1 is 1.40 bits per heavy atom. The van der Waals surface area contributed by atoms with Gasteiger partial charge in [0.25, 0.3) is 0 Å². The highest BCUT2D eigenvalue weighted by molar-refractivity contribution is 5.67. The van der Waals surface area contributed by atoms with Gasteiger partial charge in [-0.2, -0.15) is 0 Å². The number of amides is 1. The van der Waals surface area contributed by atoms with Crippen LogP contribution in [0.3, 0.4) is 0 Å². The first-order valence-electron chi connectivity index (χ1n) is 7.79. The van der Waals surface area contributed by atoms with Crippen molar-refractivity contribution in [3.05, 3.63) is 0 Å². The van der Waals surface area contributed by atoms with Crippen LogP contribution in [0.2, 0.25) is 0 Å². The highest BCUT2D eigenvalue weighted by Crippen LogP contribution is 2.36. The van der Waals surface area contributed by atoms with E-state index < -0.39 is 5.60 Å². The van der Waals surface area contributed by atoms with Crippen molar-refractivity contribution in [2.45, 2.75) is 71.9 Å². The summed E-state index contributed by atoms with van der Waals surface area (Å²) in [5, 5.41) is 3.64. The maximum Gasteiger partial charge on any atom is 0.410 e. The monoisotopic (exact) mass is 284 g/mol. The van der Waals surface area contributed by atoms with E-state index >= 15 is 0 Å². The summed E-state index contributed by atoms with van der Waals surface area (Å²) in [6.07, 6.45) is 4.63. The second-order valence-corrected chi connectivity index (χ2v) is 7.64. The Morgan fingerprint density at radius 3 is 2.55 bits per heavy atom. The fourth-order valence-corrected chi connectivity index (χ4v) is 2.73. The van der Waals surface area contributed by atoms with Gasteiger partial charge in [-0.25, -0.2) is 4.79 Å². The lowest BCUT2D eigenvalue weighted by Crippen LogP contribution is -2.40. The summed E-state index contributed by atoms with van der Waals surface area (Å²) in [5.74, 6) is 0. The first kappa shape index (κ1) is 17.3. The number of rotatable bonds is 5. The van der Waals surface area contributed by atoms with Crippen molar-refractivity contribution < 1.29 is 9.53 Å². The molecule has 0 radical (unpaired) electrons. The van der Waals surface area contributed by atoms with Crippen LogP contribution in [0, 0.1) is 5.41 Å². The van der Waals surface area contributed by atoms with Crippen LogP contribution >= 0.6 is 0 Å². The molecule has 0 bridgehead atoms. The number of carbonyl (C=O) groups is 1. The third kappa shape index (κ3) is 5.70. The van der Waals surface area contributed by atoms with E-state index in [4.69, 9.17) is 4.74 Å². The van der Waals surface area contributed by atoms with Crippen LogP contribution in [0.4, 0.5) is 4.79 Å². The van der Waals surface area contributed by atoms with Crippen molar-refractivity contribution in [2.75, 3.05) is 20.1 Å². The van der Waals surface area contributed by atoms with Crippen LogP contribution in [0.1, 0.15) is 60.3 Å². The fourth-order valence-electron chi connectivity index (χ4n) is 2.73. The minimum absolute atomic E-state index is 0.237. The molecule has 20 heavy (non-hydrogen) atoms. The molecule has 1 amide bonds. The van der Waals surface area contributed by atoms with Crippen molar-refractivity contribution in [3.63, 3.8) is 0 Å². The average Bonchev–Trinajstić information content (AvgIpc) is 2.61. The summed E-state index contributed by atoms with van der Waals surface area (Å²) in [5.41, 5.74) is -0.00542. The molecule has 1 rings (SSSR count). The summed E-state index contributed by atoms with van der Waals surface area (Å²) >= 11 is 0. The predicted octanol–water partition coefficient (Wildman–Crippen LogP) is 3.41. The van der Waals surface area contributed by atoms with Gasteiger partial charge in [0.05, 0.1) is 0 Å². The lowest BCUT2D eigenvalue weighted by atomic mass is 9.87. The molecule has 0 aromatic heterocycles. The summed E-state index contributed by atoms with van der Waals surface area (Å²) < 4.78 is 5.33. The zero-order chi connectivity index (χ0) is 15.4. The SMILES string of the molecule is CN(CCCNC1CCCC1(C)C)C(=O)OC(C)(C)C. The van der Waals surface area contributed by atoms with E-state index in [0.717, 1.165) is 19.5 Å². The zero-order valence-corrected chi connectivity index (χ0v) is 14.1. The Bertz CT molecular complexity index is 321. The topological polar surface area (TPSA) is 41.6 Å². The first-order valence-corrected chi connectivity index (χ1v) is 7.79. The van der Waals surface area contributed by atoms with E-state index in [1.165, 1.54) is 19.3 Å². The number of nitrogens with zero attached hydrogens (tertiary/aromatic N) is 1. The fraction of sp³-hybridized carbons (Fsp3) is 0.938. The predicted molar refractivity (Wildman–Crippen MR) is 82.9 cm³/mol. The molecule has 0 heterocycles. The van der Waals surface area contributed by atoms with Crippen molar-refractivity contribution >= 4 is 6.09 Å². The van der Waals surface area contributed by atoms with E-state index in [1.54, 1.807) is 11.9 Å². The highest BCUT2D eigenvalue weighted by Gasteiger charge is 2.33. The van der Waals surface area contributed by atoms with Crippen LogP contribution in [-0.4, -0.2) is 42.8 Å². The van der Waals surface area contributed by atoms with Gasteiger partial charge in [0, 0.05) is 19.6 Å². The van der Waals surface area contributed by atoms with Crippen LogP contribution < -0.4 is 5.32 Å². The molecule has 4 heteroatoms. The maximum atomic E-state index is 11.8. The minimum Gasteiger partial charge on any atom is -0.444 e. The number of carbonyl (C=O) groups excluding carboxylic acids is 1. The third-order valence-electron chi connectivity index (χ3n) is 4.02. The molecule has 1 unspecified atom stereocenters. The number of hydrogen-bond donors (Lipinski definition) is 1. The van der Waals surface area contributed by atoms with Crippen molar-refractivity contribution in [1.82, 2.24) is 10.2 Å². The van der Waals surface area contributed by atoms with E-state index in [-0.39, 0.29) is 6.09 Å². The molecular formula is C16H32N2O2. The first-order chi connectivity index (χ1) is 9.12. The Labute approximate surface area is 124 Å². The van der Waals surface area contributed by atoms with Gasteiger partial charge >= 0.3 is 6.09 Å². The molecule has 0 spiro atoms. The van der Waals surface area contributed by atoms with E-state index in [0.29, 0.717) is 11.5 Å². The molecule has 0 aliphatic heterocycles. The zero-order valence-electron chi connectivity index (χ0n) is 14.1. The van der Waals surface area contributed by atoms with Crippen LogP contribution in [0.5, 0.6) is 0 Å². The smallest absolute Gasteiger partial charge is 0.410 e. The number of ether oxygens (including phenoxy) is 1. The summed E-state index contributed by atoms with van der Waals surface area (Å²) in [7, 11) is 1.80. The molecule has 1 aliphatic carbocycles. The lowest BCUT2D eigenvalue weighted by Gasteiger charge is -2.28. The Balaban J connectivity index is 2.19. The maximum absolute atomic E-state index is 11.8. The van der Waals surface area contributed by atoms with Gasteiger partial charge in [-0.1, -0.05) is 20.3 Å². The van der Waals surface area contributed by atoms with Gasteiger partial charge in [0.1, 0.15) is 5.60 Å². The van der Waals surface area contributed by atoms with Crippen LogP contribution in [0.15, 0.2) is 0 Å². The standard InChI is InChI=1S/C16H32N2O2/c1-15(2,3)20-14(19)18(6)12-8-11-17-13-9-7-10-16(13,4)5/h13,17H,7-12H2,1-6H3. The van der Waals surface area contributed by atoms with Gasteiger partial charge in [-0.05, 0) is 52.0 Å². The quantitative estimate of drug-likeness (QED) is 0.787. The van der Waals surface area contributed by atoms with Crippen molar-refractivity contribution in [1.29, 1.82) is 0 Å². The molecule has 1 saturated carbocycles. The molecule has 118 valence electrons. The number of hydrogen-bond acceptors (Lipinski definition) is 3. The van der Waals surface area contributed by atoms with Gasteiger partial charge in [-0.3, -0.25) is 0 Å². The van der Waals surface area contributed by atoms with Gasteiger partial charge < -0.3 is 15.0 Å². The van der Waals surface area contributed by atoms with Crippen molar-refractivity contribution in [3.8, 4) is 0 Å². The second-order valence-electron chi connectivity index (χ2n) is 7.64. The van der Waals surface area contributed by atoms with Gasteiger partial charge in [-0.15, -0.1) is 0 Å². The molecule has 0 saturated heterocycles. The van der Waals surface area contributed by atoms with Crippen molar-refractivity contribution in [2.24, 2.45) is 5.41 Å². The second kappa shape index (κ2) is 6.79. The Morgan fingerprint density at radius 2 is 2.05 bits per heavy atom. The minimum atomic E-state index is -0.419. The molecule has 1 atom stereocenters. The Hall–Kier alpha value is -0.770. The average molecular weight is 284 g/mol. The van der Waals surface area contributed by atoms with Crippen LogP contribution in [-0.2, 0) is 4.74 Å². The largest absolute Gasteiger partial charge is 0.444 e. The molecule has 0 aromatic carbocycles. The summed E-state index contributed by atoms with van der Waals surface area (Å²) in [6, 6.07) is 0.620. The van der Waals surface area contributed by atoms with E-state index in [1.807, 2.05) is 20.8 Å². The van der Waals surface area contributed by atoms with E-state index in [9.17, 15) is 4.79 Å². The van der Waals surface area contributed by atoms with Crippen LogP contribution in [0.25, 0.3) is 0 Å². The van der Waals surface area contributed by atoms with Gasteiger partial charge in [0.15, 0.2) is 0 Å². The van der Waals surface area contributed by atoms with E-state index in [2.05, 4.69) is 19.2 Å². The molecule has 4 nitrogen and oxygen atoms in total. The highest BCUT2D eigenvalue weighted by atomic mass is 16.6. The van der Waals surface area contributed by atoms with Gasteiger partial charge in [0.2, 0.25) is 0 Å². The summed E-state index contributed by atoms with van der Waals surface area (Å²) in [6.45, 7) is 12.0.